The van der Waals surface area contributed by atoms with Gasteiger partial charge in [-0.05, 0) is 50.3 Å². The maximum Gasteiger partial charge on any atom is 0.256 e. The van der Waals surface area contributed by atoms with Crippen molar-refractivity contribution in [3.63, 3.8) is 0 Å². The first-order chi connectivity index (χ1) is 12.9. The first-order valence-electron chi connectivity index (χ1n) is 8.78. The largest absolute Gasteiger partial charge is 0.337 e. The van der Waals surface area contributed by atoms with Crippen LogP contribution < -0.4 is 5.32 Å². The van der Waals surface area contributed by atoms with Crippen molar-refractivity contribution in [1.82, 2.24) is 9.80 Å². The molecule has 142 valence electrons. The van der Waals surface area contributed by atoms with E-state index in [1.165, 1.54) is 12.1 Å². The van der Waals surface area contributed by atoms with Crippen molar-refractivity contribution in [3.8, 4) is 0 Å². The fourth-order valence-corrected chi connectivity index (χ4v) is 3.60. The number of anilines is 1. The van der Waals surface area contributed by atoms with E-state index in [0.717, 1.165) is 19.5 Å². The van der Waals surface area contributed by atoms with Gasteiger partial charge in [-0.3, -0.25) is 9.59 Å². The molecule has 7 heteroatoms. The van der Waals surface area contributed by atoms with Gasteiger partial charge in [-0.2, -0.15) is 0 Å². The van der Waals surface area contributed by atoms with Crippen molar-refractivity contribution in [2.45, 2.75) is 6.42 Å². The highest BCUT2D eigenvalue weighted by atomic mass is 35.5. The lowest BCUT2D eigenvalue weighted by molar-refractivity contribution is 0.0764. The van der Waals surface area contributed by atoms with Gasteiger partial charge in [0, 0.05) is 35.2 Å². The molecule has 1 N–H and O–H groups in total. The molecule has 1 fully saturated rings. The Morgan fingerprint density at radius 1 is 0.963 bits per heavy atom. The van der Waals surface area contributed by atoms with Crippen LogP contribution in [-0.2, 0) is 0 Å². The van der Waals surface area contributed by atoms with E-state index in [1.54, 1.807) is 30.3 Å². The van der Waals surface area contributed by atoms with Crippen LogP contribution in [0.3, 0.4) is 0 Å². The maximum absolute atomic E-state index is 13.0. The van der Waals surface area contributed by atoms with Crippen molar-refractivity contribution in [2.24, 2.45) is 0 Å². The van der Waals surface area contributed by atoms with Gasteiger partial charge in [-0.25, -0.2) is 0 Å². The Morgan fingerprint density at radius 2 is 1.67 bits per heavy atom. The Morgan fingerprint density at radius 3 is 2.41 bits per heavy atom. The standard InChI is InChI=1S/C20H21Cl2N3O2/c1-24-7-4-8-25(10-9-24)20(27)17-5-2-3-6-18(17)23-19(26)14-11-15(21)13-16(22)12-14/h2-3,5-6,11-13H,4,7-10H2,1H3,(H,23,26). The zero-order valence-corrected chi connectivity index (χ0v) is 16.6. The van der Waals surface area contributed by atoms with Gasteiger partial charge in [0.15, 0.2) is 0 Å². The molecule has 0 radical (unpaired) electrons. The van der Waals surface area contributed by atoms with Crippen LogP contribution >= 0.6 is 23.2 Å². The number of nitrogens with zero attached hydrogens (tertiary/aromatic N) is 2. The lowest BCUT2D eigenvalue weighted by Crippen LogP contribution is -2.35. The summed E-state index contributed by atoms with van der Waals surface area (Å²) in [6.45, 7) is 3.18. The number of benzene rings is 2. The summed E-state index contributed by atoms with van der Waals surface area (Å²) in [5.74, 6) is -0.444. The van der Waals surface area contributed by atoms with Crippen molar-refractivity contribution in [2.75, 3.05) is 38.5 Å². The zero-order valence-electron chi connectivity index (χ0n) is 15.0. The van der Waals surface area contributed by atoms with Crippen LogP contribution in [0.5, 0.6) is 0 Å². The van der Waals surface area contributed by atoms with Crippen molar-refractivity contribution < 1.29 is 9.59 Å². The first-order valence-corrected chi connectivity index (χ1v) is 9.54. The Labute approximate surface area is 168 Å². The van der Waals surface area contributed by atoms with Gasteiger partial charge < -0.3 is 15.1 Å². The third-order valence-electron chi connectivity index (χ3n) is 4.54. The minimum absolute atomic E-state index is 0.0784. The number of likely N-dealkylation sites (N-methyl/N-ethyl adjacent to an activating group) is 1. The van der Waals surface area contributed by atoms with Crippen LogP contribution in [-0.4, -0.2) is 54.8 Å². The highest BCUT2D eigenvalue weighted by molar-refractivity contribution is 6.35. The number of halogens is 2. The molecule has 0 aliphatic carbocycles. The summed E-state index contributed by atoms with van der Waals surface area (Å²) < 4.78 is 0. The molecule has 2 aromatic rings. The molecule has 5 nitrogen and oxygen atoms in total. The summed E-state index contributed by atoms with van der Waals surface area (Å²) in [6.07, 6.45) is 0.928. The van der Waals surface area contributed by atoms with Gasteiger partial charge in [-0.15, -0.1) is 0 Å². The molecular weight excluding hydrogens is 385 g/mol. The second kappa shape index (κ2) is 8.74. The SMILES string of the molecule is CN1CCCN(C(=O)c2ccccc2NC(=O)c2cc(Cl)cc(Cl)c2)CC1. The summed E-state index contributed by atoms with van der Waals surface area (Å²) in [4.78, 5) is 29.7. The Balaban J connectivity index is 1.81. The molecular formula is C20H21Cl2N3O2. The number of amides is 2. The van der Waals surface area contributed by atoms with Gasteiger partial charge in [0.2, 0.25) is 0 Å². The van der Waals surface area contributed by atoms with E-state index in [2.05, 4.69) is 17.3 Å². The van der Waals surface area contributed by atoms with Crippen molar-refractivity contribution >= 4 is 40.7 Å². The molecule has 1 heterocycles. The third kappa shape index (κ3) is 5.01. The fourth-order valence-electron chi connectivity index (χ4n) is 3.08. The summed E-state index contributed by atoms with van der Waals surface area (Å²) in [7, 11) is 2.05. The summed E-state index contributed by atoms with van der Waals surface area (Å²) in [5, 5.41) is 3.57. The minimum Gasteiger partial charge on any atom is -0.337 e. The van der Waals surface area contributed by atoms with Crippen LogP contribution in [0.15, 0.2) is 42.5 Å². The summed E-state index contributed by atoms with van der Waals surface area (Å²) in [6, 6.07) is 11.7. The molecule has 0 spiro atoms. The Bertz CT molecular complexity index is 837. The molecule has 1 aliphatic rings. The second-order valence-corrected chi connectivity index (χ2v) is 7.48. The van der Waals surface area contributed by atoms with E-state index in [4.69, 9.17) is 23.2 Å². The van der Waals surface area contributed by atoms with Gasteiger partial charge >= 0.3 is 0 Å². The minimum atomic E-state index is -0.366. The highest BCUT2D eigenvalue weighted by Gasteiger charge is 2.22. The Hall–Kier alpha value is -2.08. The van der Waals surface area contributed by atoms with Gasteiger partial charge in [0.05, 0.1) is 11.3 Å². The zero-order chi connectivity index (χ0) is 19.4. The van der Waals surface area contributed by atoms with Crippen LogP contribution in [0.4, 0.5) is 5.69 Å². The average molecular weight is 406 g/mol. The topological polar surface area (TPSA) is 52.6 Å². The van der Waals surface area contributed by atoms with E-state index >= 15 is 0 Å². The lowest BCUT2D eigenvalue weighted by atomic mass is 10.1. The van der Waals surface area contributed by atoms with Crippen LogP contribution in [0.2, 0.25) is 10.0 Å². The quantitative estimate of drug-likeness (QED) is 0.838. The predicted molar refractivity (Wildman–Crippen MR) is 109 cm³/mol. The molecule has 27 heavy (non-hydrogen) atoms. The Kier molecular flexibility index (Phi) is 6.37. The summed E-state index contributed by atoms with van der Waals surface area (Å²) >= 11 is 12.0. The summed E-state index contributed by atoms with van der Waals surface area (Å²) in [5.41, 5.74) is 1.29. The molecule has 0 bridgehead atoms. The van der Waals surface area contributed by atoms with Gasteiger partial charge in [0.1, 0.15) is 0 Å². The van der Waals surface area contributed by atoms with Crippen molar-refractivity contribution in [3.05, 3.63) is 63.6 Å². The van der Waals surface area contributed by atoms with E-state index < -0.39 is 0 Å². The normalized spacial score (nSPS) is 15.3. The lowest BCUT2D eigenvalue weighted by Gasteiger charge is -2.22. The third-order valence-corrected chi connectivity index (χ3v) is 4.97. The first kappa shape index (κ1) is 19.7. The molecule has 1 saturated heterocycles. The van der Waals surface area contributed by atoms with Crippen LogP contribution in [0, 0.1) is 0 Å². The molecule has 3 rings (SSSR count). The van der Waals surface area contributed by atoms with Crippen molar-refractivity contribution in [1.29, 1.82) is 0 Å². The molecule has 0 saturated carbocycles. The molecule has 1 aliphatic heterocycles. The number of rotatable bonds is 3. The molecule has 2 amide bonds. The molecule has 0 atom stereocenters. The average Bonchev–Trinajstić information content (AvgIpc) is 2.85. The van der Waals surface area contributed by atoms with Crippen LogP contribution in [0.25, 0.3) is 0 Å². The molecule has 2 aromatic carbocycles. The molecule has 0 aromatic heterocycles. The maximum atomic E-state index is 13.0. The number of nitrogens with one attached hydrogen (secondary N) is 1. The second-order valence-electron chi connectivity index (χ2n) is 6.61. The van der Waals surface area contributed by atoms with E-state index in [0.29, 0.717) is 39.9 Å². The number of hydrogen-bond acceptors (Lipinski definition) is 3. The highest BCUT2D eigenvalue weighted by Crippen LogP contribution is 2.22. The predicted octanol–water partition coefficient (Wildman–Crippen LogP) is 4.02. The van der Waals surface area contributed by atoms with Gasteiger partial charge in [0.25, 0.3) is 11.8 Å². The van der Waals surface area contributed by atoms with E-state index in [-0.39, 0.29) is 11.8 Å². The monoisotopic (exact) mass is 405 g/mol. The van der Waals surface area contributed by atoms with E-state index in [9.17, 15) is 9.59 Å². The van der Waals surface area contributed by atoms with Crippen LogP contribution in [0.1, 0.15) is 27.1 Å². The fraction of sp³-hybridized carbons (Fsp3) is 0.300. The molecule has 0 unspecified atom stereocenters. The number of para-hydroxylation sites is 1. The number of carbonyl (C=O) groups excluding carboxylic acids is 2. The smallest absolute Gasteiger partial charge is 0.256 e. The van der Waals surface area contributed by atoms with E-state index in [1.807, 2.05) is 4.90 Å². The number of hydrogen-bond donors (Lipinski definition) is 1. The number of carbonyl (C=O) groups is 2. The van der Waals surface area contributed by atoms with Gasteiger partial charge in [-0.1, -0.05) is 35.3 Å².